The van der Waals surface area contributed by atoms with Crippen LogP contribution in [0.25, 0.3) is 208 Å². The number of hydrogen-bond donors (Lipinski definition) is 0. The highest BCUT2D eigenvalue weighted by molar-refractivity contribution is 9.10. The lowest BCUT2D eigenvalue weighted by molar-refractivity contribution is 0.00578. The van der Waals surface area contributed by atoms with Crippen LogP contribution in [0.2, 0.25) is 0 Å². The van der Waals surface area contributed by atoms with Crippen molar-refractivity contribution >= 4 is 159 Å². The molecule has 0 atom stereocenters. The number of furan rings is 2. The van der Waals surface area contributed by atoms with E-state index < -0.39 is 30.4 Å². The zero-order valence-electron chi connectivity index (χ0n) is 73.8. The third-order valence-corrected chi connectivity index (χ3v) is 24.3. The molecule has 550 valence electrons. The van der Waals surface area contributed by atoms with Gasteiger partial charge in [0.1, 0.15) is 22.3 Å². The van der Waals surface area contributed by atoms with Gasteiger partial charge in [-0.15, -0.1) is 0 Å². The van der Waals surface area contributed by atoms with Crippen molar-refractivity contribution in [1.82, 2.24) is 0 Å². The molecule has 0 spiro atoms. The van der Waals surface area contributed by atoms with Crippen LogP contribution in [0.4, 0.5) is 0 Å². The van der Waals surface area contributed by atoms with E-state index in [1.54, 1.807) is 0 Å². The van der Waals surface area contributed by atoms with Gasteiger partial charge in [0, 0.05) is 26.0 Å². The maximum atomic E-state index is 8.89. The summed E-state index contributed by atoms with van der Waals surface area (Å²) in [5.74, 6) is 0. The normalized spacial score (nSPS) is 14.5. The van der Waals surface area contributed by atoms with E-state index in [0.29, 0.717) is 11.1 Å². The van der Waals surface area contributed by atoms with Crippen LogP contribution in [0.15, 0.2) is 401 Å². The van der Waals surface area contributed by atoms with Crippen LogP contribution in [0, 0.1) is 0 Å². The lowest BCUT2D eigenvalue weighted by Gasteiger charge is -2.32. The van der Waals surface area contributed by atoms with Crippen molar-refractivity contribution in [3.8, 4) is 77.9 Å². The van der Waals surface area contributed by atoms with Gasteiger partial charge in [-0.2, -0.15) is 0 Å². The highest BCUT2D eigenvalue weighted by Crippen LogP contribution is 2.49. The number of rotatable bonds is 8. The van der Waals surface area contributed by atoms with E-state index in [-0.39, 0.29) is 59.5 Å². The Morgan fingerprint density at radius 1 is 0.250 bits per heavy atom. The predicted molar refractivity (Wildman–Crippen MR) is 495 cm³/mol. The lowest BCUT2D eigenvalue weighted by atomic mass is 9.77. The van der Waals surface area contributed by atoms with Crippen molar-refractivity contribution in [2.24, 2.45) is 0 Å². The minimum atomic E-state index is -0.454. The molecular formula is C110H76BBrO4. The van der Waals surface area contributed by atoms with E-state index >= 15 is 0 Å². The molecule has 0 saturated carbocycles. The Morgan fingerprint density at radius 2 is 0.578 bits per heavy atom. The van der Waals surface area contributed by atoms with Gasteiger partial charge in [0.05, 0.1) is 24.9 Å². The van der Waals surface area contributed by atoms with Gasteiger partial charge >= 0.3 is 7.12 Å². The molecule has 2 aromatic heterocycles. The summed E-state index contributed by atoms with van der Waals surface area (Å²) in [4.78, 5) is 0. The fourth-order valence-electron chi connectivity index (χ4n) is 17.6. The Kier molecular flexibility index (Phi) is 14.8. The van der Waals surface area contributed by atoms with Gasteiger partial charge in [-0.1, -0.05) is 355 Å². The third-order valence-electron chi connectivity index (χ3n) is 23.7. The summed E-state index contributed by atoms with van der Waals surface area (Å²) in [7, 11) is -0.454. The second-order valence-corrected chi connectivity index (χ2v) is 31.6. The standard InChI is InChI=1S/C52H32O.C46H37BO2.C12H7BrO/c1-2-13-34(14-3-1)50-42-17-6-8-19-44(42)51(45-20-9-7-18-43(45)50)35-27-25-33(26-28-35)47-32-37-31-36(29-30-38(37)40-15-4-5-16-41(40)47)39-22-12-24-49-52(39)46-21-10-11-23-48(46)53-49;1-45(2)46(3,4)49-47(48-45)34-26-27-35-33(28-34)29-42(37-17-9-8-16-36(35)37)30-22-24-32(25-23-30)44-40-20-12-10-18-38(40)43(31-14-6-5-7-15-31)39-19-11-13-21-41(39)44;13-9-5-3-7-11-12(9)8-4-1-2-6-10(8)14-11/h1-32H;5-29H,1-4H3;1-7H/i1D,2D,3D,13D,14D;5D,6D,7D,14D,15D;. The van der Waals surface area contributed by atoms with Crippen LogP contribution >= 0.6 is 15.9 Å². The van der Waals surface area contributed by atoms with Crippen molar-refractivity contribution < 1.29 is 31.9 Å². The minimum Gasteiger partial charge on any atom is -0.456 e. The van der Waals surface area contributed by atoms with Crippen LogP contribution in [0.5, 0.6) is 0 Å². The number of fused-ring (bicyclic) bond motifs is 16. The first kappa shape index (κ1) is 60.2. The Bertz CT molecular complexity index is 8140. The number of halogens is 1. The summed E-state index contributed by atoms with van der Waals surface area (Å²) in [6.45, 7) is 8.29. The molecule has 0 aliphatic carbocycles. The first-order valence-electron chi connectivity index (χ1n) is 44.1. The topological polar surface area (TPSA) is 44.7 Å². The van der Waals surface area contributed by atoms with E-state index in [1.807, 2.05) is 127 Å². The first-order valence-corrected chi connectivity index (χ1v) is 39.8. The summed E-state index contributed by atoms with van der Waals surface area (Å²) >= 11 is 3.54. The lowest BCUT2D eigenvalue weighted by Crippen LogP contribution is -2.41. The molecule has 22 aromatic rings. The maximum absolute atomic E-state index is 8.89. The molecule has 0 amide bonds. The molecule has 1 aliphatic rings. The van der Waals surface area contributed by atoms with E-state index in [2.05, 4.69) is 244 Å². The molecule has 20 aromatic carbocycles. The van der Waals surface area contributed by atoms with Gasteiger partial charge in [0.2, 0.25) is 0 Å². The molecule has 0 radical (unpaired) electrons. The number of benzene rings is 20. The third kappa shape index (κ3) is 12.1. The number of para-hydroxylation sites is 2. The fourth-order valence-corrected chi connectivity index (χ4v) is 18.1. The van der Waals surface area contributed by atoms with Gasteiger partial charge in [-0.25, -0.2) is 0 Å². The van der Waals surface area contributed by atoms with Gasteiger partial charge in [0.15, 0.2) is 0 Å². The minimum absolute atomic E-state index is 0.208. The maximum Gasteiger partial charge on any atom is 0.494 e. The highest BCUT2D eigenvalue weighted by Gasteiger charge is 2.51. The second kappa shape index (κ2) is 28.6. The molecule has 6 heteroatoms. The predicted octanol–water partition coefficient (Wildman–Crippen LogP) is 30.8. The van der Waals surface area contributed by atoms with Gasteiger partial charge < -0.3 is 18.1 Å². The van der Waals surface area contributed by atoms with Crippen molar-refractivity contribution in [1.29, 1.82) is 0 Å². The highest BCUT2D eigenvalue weighted by atomic mass is 79.9. The van der Waals surface area contributed by atoms with Crippen LogP contribution in [-0.2, 0) is 9.31 Å². The first-order chi connectivity index (χ1) is 61.1. The van der Waals surface area contributed by atoms with E-state index in [4.69, 9.17) is 31.9 Å². The number of hydrogen-bond acceptors (Lipinski definition) is 4. The average Bonchev–Trinajstić information content (AvgIpc) is 0.970. The Balaban J connectivity index is 0.000000133. The quantitative estimate of drug-likeness (QED) is 0.0864. The Hall–Kier alpha value is -13.5. The van der Waals surface area contributed by atoms with E-state index in [9.17, 15) is 0 Å². The molecule has 4 nitrogen and oxygen atoms in total. The van der Waals surface area contributed by atoms with Crippen LogP contribution < -0.4 is 5.46 Å². The largest absolute Gasteiger partial charge is 0.494 e. The smallest absolute Gasteiger partial charge is 0.456 e. The summed E-state index contributed by atoms with van der Waals surface area (Å²) in [5, 5.41) is 21.0. The van der Waals surface area contributed by atoms with Crippen molar-refractivity contribution in [2.75, 3.05) is 0 Å². The SMILES string of the molecule is Brc1cccc2oc3ccccc3c12.[2H]c1c([2H])c([2H])c(-c2c3ccccc3c(-c3ccc(-c4cc5cc(-c6cccc7oc8ccccc8c67)ccc5c5ccccc45)cc3)c3ccccc23)c([2H])c1[2H].[2H]c1c([2H])c([2H])c(-c2c3ccccc3c(-c3ccc(-c4cc5cc(B6OC(C)(C)C(C)(C)O6)ccc5c5ccccc45)cc3)c3ccccc23)c([2H])c1[2H]. The fraction of sp³-hybridized carbons (Fsp3) is 0.0545. The summed E-state index contributed by atoms with van der Waals surface area (Å²) in [6.07, 6.45) is 0. The zero-order valence-corrected chi connectivity index (χ0v) is 65.4. The summed E-state index contributed by atoms with van der Waals surface area (Å²) in [6, 6.07) is 110. The monoisotopic (exact) mass is 1560 g/mol. The van der Waals surface area contributed by atoms with Crippen LogP contribution in [0.3, 0.4) is 0 Å². The van der Waals surface area contributed by atoms with Gasteiger partial charge in [-0.05, 0) is 246 Å². The van der Waals surface area contributed by atoms with Crippen molar-refractivity contribution in [2.45, 2.75) is 38.9 Å². The molecule has 0 N–H and O–H groups in total. The van der Waals surface area contributed by atoms with Gasteiger partial charge in [0.25, 0.3) is 0 Å². The summed E-state index contributed by atoms with van der Waals surface area (Å²) in [5.41, 5.74) is 16.3. The molecule has 1 fully saturated rings. The van der Waals surface area contributed by atoms with Crippen molar-refractivity contribution in [3.05, 3.63) is 392 Å². The molecule has 1 saturated heterocycles. The Morgan fingerprint density at radius 3 is 1.02 bits per heavy atom. The zero-order chi connectivity index (χ0) is 86.5. The second-order valence-electron chi connectivity index (χ2n) is 30.8. The average molecular weight is 1560 g/mol. The molecule has 0 unspecified atom stereocenters. The summed E-state index contributed by atoms with van der Waals surface area (Å²) < 4.78 is 112. The van der Waals surface area contributed by atoms with E-state index in [1.165, 1.54) is 32.3 Å². The van der Waals surface area contributed by atoms with Crippen LogP contribution in [-0.4, -0.2) is 18.3 Å². The molecule has 23 rings (SSSR count). The molecule has 1 aliphatic heterocycles. The Labute approximate surface area is 695 Å². The van der Waals surface area contributed by atoms with Crippen LogP contribution in [0.1, 0.15) is 41.4 Å². The van der Waals surface area contributed by atoms with E-state index in [0.717, 1.165) is 163 Å². The molecule has 3 heterocycles. The molecular weight excluding hydrogens is 1480 g/mol. The molecule has 0 bridgehead atoms. The molecule has 116 heavy (non-hydrogen) atoms. The van der Waals surface area contributed by atoms with Crippen molar-refractivity contribution in [3.63, 3.8) is 0 Å². The van der Waals surface area contributed by atoms with Gasteiger partial charge in [-0.3, -0.25) is 0 Å².